The fraction of sp³-hybridized carbons (Fsp3) is 0.571. The van der Waals surface area contributed by atoms with E-state index in [0.717, 1.165) is 24.9 Å². The molecule has 88 valence electrons. The summed E-state index contributed by atoms with van der Waals surface area (Å²) in [4.78, 5) is 2.51. The Labute approximate surface area is 97.9 Å². The van der Waals surface area contributed by atoms with Crippen LogP contribution in [0.3, 0.4) is 0 Å². The molecule has 2 rings (SSSR count). The molecule has 0 saturated carbocycles. The molecule has 0 saturated heterocycles. The molecular weight excluding hydrogens is 198 g/mol. The molecular formula is C14H21NO. The number of fused-ring (bicyclic) bond motifs is 1. The molecule has 0 radical (unpaired) electrons. The van der Waals surface area contributed by atoms with Crippen LogP contribution in [0.4, 0.5) is 0 Å². The molecule has 1 N–H and O–H groups in total. The molecule has 0 bridgehead atoms. The molecule has 1 unspecified atom stereocenters. The second-order valence-corrected chi connectivity index (χ2v) is 4.82. The van der Waals surface area contributed by atoms with E-state index in [2.05, 4.69) is 31.7 Å². The Hall–Kier alpha value is -1.02. The van der Waals surface area contributed by atoms with Crippen molar-refractivity contribution in [3.05, 3.63) is 29.3 Å². The molecule has 0 spiro atoms. The van der Waals surface area contributed by atoms with Gasteiger partial charge in [-0.25, -0.2) is 0 Å². The standard InChI is InChI=1S/C14H21NO/c1-4-15(10(2)3)13-9-8-12-11(13)6-5-7-14(12)16/h5-7,10,13,16H,4,8-9H2,1-3H3. The minimum Gasteiger partial charge on any atom is -0.508 e. The normalized spacial score (nSPS) is 19.4. The summed E-state index contributed by atoms with van der Waals surface area (Å²) in [6.45, 7) is 7.76. The number of benzene rings is 1. The average molecular weight is 219 g/mol. The van der Waals surface area contributed by atoms with Gasteiger partial charge >= 0.3 is 0 Å². The molecule has 0 fully saturated rings. The maximum absolute atomic E-state index is 9.82. The van der Waals surface area contributed by atoms with Gasteiger partial charge in [0, 0.05) is 12.1 Å². The van der Waals surface area contributed by atoms with Crippen LogP contribution < -0.4 is 0 Å². The van der Waals surface area contributed by atoms with Crippen LogP contribution in [-0.4, -0.2) is 22.6 Å². The fourth-order valence-corrected chi connectivity index (χ4v) is 2.90. The van der Waals surface area contributed by atoms with Gasteiger partial charge in [0.2, 0.25) is 0 Å². The quantitative estimate of drug-likeness (QED) is 0.844. The highest BCUT2D eigenvalue weighted by Crippen LogP contribution is 2.40. The zero-order valence-electron chi connectivity index (χ0n) is 10.4. The van der Waals surface area contributed by atoms with Gasteiger partial charge in [0.25, 0.3) is 0 Å². The molecule has 0 heterocycles. The first-order valence-electron chi connectivity index (χ1n) is 6.21. The third-order valence-electron chi connectivity index (χ3n) is 3.64. The van der Waals surface area contributed by atoms with E-state index in [1.54, 1.807) is 6.07 Å². The SMILES string of the molecule is CCN(C(C)C)C1CCc2c(O)cccc21. The van der Waals surface area contributed by atoms with Crippen molar-refractivity contribution in [1.82, 2.24) is 4.90 Å². The zero-order valence-corrected chi connectivity index (χ0v) is 10.4. The lowest BCUT2D eigenvalue weighted by atomic mass is 10.0. The van der Waals surface area contributed by atoms with E-state index < -0.39 is 0 Å². The smallest absolute Gasteiger partial charge is 0.119 e. The lowest BCUT2D eigenvalue weighted by molar-refractivity contribution is 0.162. The summed E-state index contributed by atoms with van der Waals surface area (Å²) in [6, 6.07) is 6.97. The third kappa shape index (κ3) is 1.82. The third-order valence-corrected chi connectivity index (χ3v) is 3.64. The monoisotopic (exact) mass is 219 g/mol. The Kier molecular flexibility index (Phi) is 3.20. The molecule has 1 aromatic carbocycles. The largest absolute Gasteiger partial charge is 0.508 e. The summed E-state index contributed by atoms with van der Waals surface area (Å²) in [6.07, 6.45) is 2.15. The molecule has 16 heavy (non-hydrogen) atoms. The molecule has 1 atom stereocenters. The Morgan fingerprint density at radius 1 is 1.44 bits per heavy atom. The number of hydrogen-bond donors (Lipinski definition) is 1. The van der Waals surface area contributed by atoms with Gasteiger partial charge in [-0.05, 0) is 50.4 Å². The van der Waals surface area contributed by atoms with E-state index in [4.69, 9.17) is 0 Å². The van der Waals surface area contributed by atoms with E-state index >= 15 is 0 Å². The van der Waals surface area contributed by atoms with Crippen molar-refractivity contribution in [1.29, 1.82) is 0 Å². The predicted molar refractivity (Wildman–Crippen MR) is 66.7 cm³/mol. The Bertz CT molecular complexity index is 373. The van der Waals surface area contributed by atoms with Crippen molar-refractivity contribution < 1.29 is 5.11 Å². The van der Waals surface area contributed by atoms with Crippen LogP contribution in [0.1, 0.15) is 44.4 Å². The van der Waals surface area contributed by atoms with Crippen LogP contribution in [0, 0.1) is 0 Å². The number of phenols is 1. The molecule has 0 aromatic heterocycles. The lowest BCUT2D eigenvalue weighted by Crippen LogP contribution is -2.33. The van der Waals surface area contributed by atoms with Crippen LogP contribution in [0.2, 0.25) is 0 Å². The van der Waals surface area contributed by atoms with Crippen molar-refractivity contribution in [3.8, 4) is 5.75 Å². The first-order chi connectivity index (χ1) is 7.65. The Morgan fingerprint density at radius 3 is 2.81 bits per heavy atom. The van der Waals surface area contributed by atoms with Crippen molar-refractivity contribution in [2.24, 2.45) is 0 Å². The number of rotatable bonds is 3. The summed E-state index contributed by atoms with van der Waals surface area (Å²) in [7, 11) is 0. The number of nitrogens with zero attached hydrogens (tertiary/aromatic N) is 1. The maximum atomic E-state index is 9.82. The van der Waals surface area contributed by atoms with Crippen LogP contribution >= 0.6 is 0 Å². The lowest BCUT2D eigenvalue weighted by Gasteiger charge is -2.32. The number of aromatic hydroxyl groups is 1. The minimum absolute atomic E-state index is 0.472. The van der Waals surface area contributed by atoms with E-state index in [9.17, 15) is 5.11 Å². The van der Waals surface area contributed by atoms with Gasteiger partial charge in [-0.1, -0.05) is 19.1 Å². The Balaban J connectivity index is 2.32. The van der Waals surface area contributed by atoms with Gasteiger partial charge in [-0.2, -0.15) is 0 Å². The zero-order chi connectivity index (χ0) is 11.7. The summed E-state index contributed by atoms with van der Waals surface area (Å²) in [5, 5.41) is 9.82. The van der Waals surface area contributed by atoms with Gasteiger partial charge in [-0.15, -0.1) is 0 Å². The van der Waals surface area contributed by atoms with Crippen molar-refractivity contribution in [3.63, 3.8) is 0 Å². The highest BCUT2D eigenvalue weighted by atomic mass is 16.3. The first-order valence-corrected chi connectivity index (χ1v) is 6.21. The molecule has 1 aliphatic carbocycles. The van der Waals surface area contributed by atoms with E-state index in [-0.39, 0.29) is 0 Å². The minimum atomic E-state index is 0.472. The van der Waals surface area contributed by atoms with Crippen LogP contribution in [0.15, 0.2) is 18.2 Å². The van der Waals surface area contributed by atoms with Gasteiger partial charge in [0.1, 0.15) is 5.75 Å². The van der Waals surface area contributed by atoms with Crippen LogP contribution in [0.5, 0.6) is 5.75 Å². The summed E-state index contributed by atoms with van der Waals surface area (Å²) in [5.41, 5.74) is 2.49. The van der Waals surface area contributed by atoms with E-state index in [1.165, 1.54) is 5.56 Å². The molecule has 1 aromatic rings. The van der Waals surface area contributed by atoms with Gasteiger partial charge in [0.15, 0.2) is 0 Å². The van der Waals surface area contributed by atoms with Crippen LogP contribution in [0.25, 0.3) is 0 Å². The predicted octanol–water partition coefficient (Wildman–Crippen LogP) is 3.11. The average Bonchev–Trinajstić information content (AvgIpc) is 2.64. The molecule has 2 heteroatoms. The van der Waals surface area contributed by atoms with Gasteiger partial charge in [-0.3, -0.25) is 4.90 Å². The van der Waals surface area contributed by atoms with Crippen molar-refractivity contribution in [2.45, 2.75) is 45.7 Å². The topological polar surface area (TPSA) is 23.5 Å². The van der Waals surface area contributed by atoms with Crippen molar-refractivity contribution in [2.75, 3.05) is 6.54 Å². The van der Waals surface area contributed by atoms with Gasteiger partial charge in [0.05, 0.1) is 0 Å². The summed E-state index contributed by atoms with van der Waals surface area (Å²) in [5.74, 6) is 0.472. The Morgan fingerprint density at radius 2 is 2.19 bits per heavy atom. The maximum Gasteiger partial charge on any atom is 0.119 e. The molecule has 1 aliphatic rings. The molecule has 2 nitrogen and oxygen atoms in total. The summed E-state index contributed by atoms with van der Waals surface area (Å²) < 4.78 is 0. The highest BCUT2D eigenvalue weighted by molar-refractivity contribution is 5.44. The molecule has 0 aliphatic heterocycles. The van der Waals surface area contributed by atoms with Crippen LogP contribution in [-0.2, 0) is 6.42 Å². The summed E-state index contributed by atoms with van der Waals surface area (Å²) >= 11 is 0. The second kappa shape index (κ2) is 4.46. The molecule has 0 amide bonds. The fourth-order valence-electron chi connectivity index (χ4n) is 2.90. The van der Waals surface area contributed by atoms with E-state index in [0.29, 0.717) is 17.8 Å². The van der Waals surface area contributed by atoms with Gasteiger partial charge < -0.3 is 5.11 Å². The van der Waals surface area contributed by atoms with Crippen molar-refractivity contribution >= 4 is 0 Å². The first kappa shape index (κ1) is 11.5. The van der Waals surface area contributed by atoms with E-state index in [1.807, 2.05) is 6.07 Å². The second-order valence-electron chi connectivity index (χ2n) is 4.82. The highest BCUT2D eigenvalue weighted by Gasteiger charge is 2.29. The number of hydrogen-bond acceptors (Lipinski definition) is 2. The number of phenolic OH excluding ortho intramolecular Hbond substituents is 1.